The van der Waals surface area contributed by atoms with Gasteiger partial charge in [0.1, 0.15) is 17.5 Å². The number of hydrogen-bond donors (Lipinski definition) is 1. The third-order valence-corrected chi connectivity index (χ3v) is 4.97. The Hall–Kier alpha value is -2.86. The second kappa shape index (κ2) is 7.17. The highest BCUT2D eigenvalue weighted by atomic mass is 32.1. The van der Waals surface area contributed by atoms with Crippen molar-refractivity contribution in [2.24, 2.45) is 0 Å². The zero-order valence-corrected chi connectivity index (χ0v) is 15.1. The van der Waals surface area contributed by atoms with Crippen molar-refractivity contribution in [3.8, 4) is 17.1 Å². The molecule has 1 aliphatic heterocycles. The first kappa shape index (κ1) is 16.6. The molecule has 0 bridgehead atoms. The average molecular weight is 366 g/mol. The van der Waals surface area contributed by atoms with Crippen LogP contribution in [-0.2, 0) is 17.8 Å². The molecule has 2 aromatic heterocycles. The molecule has 1 aliphatic rings. The molecule has 0 aliphatic carbocycles. The first-order chi connectivity index (χ1) is 12.7. The maximum absolute atomic E-state index is 11.9. The van der Waals surface area contributed by atoms with E-state index < -0.39 is 0 Å². The van der Waals surface area contributed by atoms with Gasteiger partial charge < -0.3 is 14.6 Å². The topological polar surface area (TPSA) is 64.4 Å². The maximum atomic E-state index is 11.9. The molecule has 3 heterocycles. The van der Waals surface area contributed by atoms with Gasteiger partial charge in [-0.15, -0.1) is 11.3 Å². The number of ether oxygens (including phenoxy) is 1. The van der Waals surface area contributed by atoms with Crippen LogP contribution >= 0.6 is 11.3 Å². The van der Waals surface area contributed by atoms with Crippen molar-refractivity contribution in [2.45, 2.75) is 26.0 Å². The van der Waals surface area contributed by atoms with Gasteiger partial charge in [-0.1, -0.05) is 23.4 Å². The Balaban J connectivity index is 1.38. The molecule has 1 amide bonds. The molecule has 1 aromatic carbocycles. The fourth-order valence-electron chi connectivity index (χ4n) is 2.87. The van der Waals surface area contributed by atoms with Crippen molar-refractivity contribution >= 4 is 23.3 Å². The summed E-state index contributed by atoms with van der Waals surface area (Å²) in [6, 6.07) is 11.8. The number of thiophene rings is 1. The van der Waals surface area contributed by atoms with Gasteiger partial charge in [0.2, 0.25) is 5.91 Å². The van der Waals surface area contributed by atoms with E-state index in [9.17, 15) is 4.79 Å². The number of nitrogens with one attached hydrogen (secondary N) is 1. The lowest BCUT2D eigenvalue weighted by Crippen LogP contribution is -2.20. The quantitative estimate of drug-likeness (QED) is 0.692. The minimum absolute atomic E-state index is 0.164. The van der Waals surface area contributed by atoms with Crippen LogP contribution in [0.15, 0.2) is 52.4 Å². The second-order valence-electron chi connectivity index (χ2n) is 6.20. The molecule has 0 spiro atoms. The molecular formula is C20H18N2O3S. The number of carbonyl (C=O) groups excluding carboxylic acids is 1. The average Bonchev–Trinajstić information content (AvgIpc) is 3.37. The largest absolute Gasteiger partial charge is 0.490 e. The van der Waals surface area contributed by atoms with E-state index in [1.165, 1.54) is 11.6 Å². The first-order valence-electron chi connectivity index (χ1n) is 8.42. The molecule has 6 heteroatoms. The summed E-state index contributed by atoms with van der Waals surface area (Å²) in [5.41, 5.74) is 2.80. The van der Waals surface area contributed by atoms with Crippen molar-refractivity contribution in [2.75, 3.05) is 0 Å². The van der Waals surface area contributed by atoms with E-state index >= 15 is 0 Å². The highest BCUT2D eigenvalue weighted by Crippen LogP contribution is 2.33. The molecule has 132 valence electrons. The molecule has 4 rings (SSSR count). The van der Waals surface area contributed by atoms with E-state index in [1.807, 2.05) is 35.7 Å². The van der Waals surface area contributed by atoms with Gasteiger partial charge in [0, 0.05) is 29.0 Å². The summed E-state index contributed by atoms with van der Waals surface area (Å²) in [6.07, 6.45) is 4.46. The summed E-state index contributed by atoms with van der Waals surface area (Å²) in [7, 11) is 0. The number of carbonyl (C=O) groups is 1. The third kappa shape index (κ3) is 3.70. The summed E-state index contributed by atoms with van der Waals surface area (Å²) in [5, 5.41) is 8.81. The number of rotatable bonds is 5. The molecule has 1 N–H and O–H groups in total. The van der Waals surface area contributed by atoms with E-state index in [1.54, 1.807) is 17.4 Å². The minimum atomic E-state index is -0.164. The Morgan fingerprint density at radius 1 is 1.38 bits per heavy atom. The van der Waals surface area contributed by atoms with E-state index in [4.69, 9.17) is 9.26 Å². The van der Waals surface area contributed by atoms with Gasteiger partial charge in [-0.05, 0) is 36.1 Å². The van der Waals surface area contributed by atoms with Crippen LogP contribution in [0.2, 0.25) is 0 Å². The highest BCUT2D eigenvalue weighted by Gasteiger charge is 2.20. The third-order valence-electron chi connectivity index (χ3n) is 4.13. The van der Waals surface area contributed by atoms with Crippen molar-refractivity contribution in [3.05, 3.63) is 64.0 Å². The molecule has 1 atom stereocenters. The van der Waals surface area contributed by atoms with E-state index in [0.29, 0.717) is 18.0 Å². The molecule has 0 saturated carbocycles. The van der Waals surface area contributed by atoms with Crippen molar-refractivity contribution < 1.29 is 14.1 Å². The molecular weight excluding hydrogens is 348 g/mol. The van der Waals surface area contributed by atoms with Crippen molar-refractivity contribution in [3.63, 3.8) is 0 Å². The number of aromatic nitrogens is 1. The lowest BCUT2D eigenvalue weighted by Gasteiger charge is -2.03. The van der Waals surface area contributed by atoms with Crippen LogP contribution in [0.3, 0.4) is 0 Å². The monoisotopic (exact) mass is 366 g/mol. The van der Waals surface area contributed by atoms with Gasteiger partial charge in [-0.25, -0.2) is 0 Å². The van der Waals surface area contributed by atoms with Crippen LogP contribution in [-0.4, -0.2) is 17.2 Å². The molecule has 0 radical (unpaired) electrons. The fourth-order valence-corrected chi connectivity index (χ4v) is 3.48. The summed E-state index contributed by atoms with van der Waals surface area (Å²) in [6.45, 7) is 2.37. The van der Waals surface area contributed by atoms with Crippen LogP contribution < -0.4 is 10.1 Å². The number of fused-ring (bicyclic) bond motifs is 1. The molecule has 26 heavy (non-hydrogen) atoms. The SMILES string of the molecule is CC1Cc2ccc(-c3cc(CNC(=O)/C=C/c4cccs4)no3)cc2O1. The summed E-state index contributed by atoms with van der Waals surface area (Å²) in [5.74, 6) is 1.40. The molecule has 1 unspecified atom stereocenters. The van der Waals surface area contributed by atoms with Crippen molar-refractivity contribution in [1.29, 1.82) is 0 Å². The Morgan fingerprint density at radius 3 is 3.15 bits per heavy atom. The molecule has 3 aromatic rings. The van der Waals surface area contributed by atoms with Crippen LogP contribution in [0.25, 0.3) is 17.4 Å². The predicted molar refractivity (Wildman–Crippen MR) is 101 cm³/mol. The van der Waals surface area contributed by atoms with Crippen LogP contribution in [0.4, 0.5) is 0 Å². The summed E-state index contributed by atoms with van der Waals surface area (Å²) < 4.78 is 11.2. The van der Waals surface area contributed by atoms with E-state index in [-0.39, 0.29) is 12.0 Å². The van der Waals surface area contributed by atoms with Gasteiger partial charge in [0.05, 0.1) is 6.54 Å². The van der Waals surface area contributed by atoms with Crippen LogP contribution in [0.5, 0.6) is 5.75 Å². The molecule has 0 saturated heterocycles. The zero-order chi connectivity index (χ0) is 17.9. The minimum Gasteiger partial charge on any atom is -0.490 e. The lowest BCUT2D eigenvalue weighted by atomic mass is 10.1. The number of amides is 1. The Morgan fingerprint density at radius 2 is 2.31 bits per heavy atom. The van der Waals surface area contributed by atoms with E-state index in [0.717, 1.165) is 22.6 Å². The Labute approximate surface area is 155 Å². The fraction of sp³-hybridized carbons (Fsp3) is 0.200. The zero-order valence-electron chi connectivity index (χ0n) is 14.3. The van der Waals surface area contributed by atoms with Crippen molar-refractivity contribution in [1.82, 2.24) is 10.5 Å². The lowest BCUT2D eigenvalue weighted by molar-refractivity contribution is -0.116. The van der Waals surface area contributed by atoms with Crippen LogP contribution in [0.1, 0.15) is 23.1 Å². The standard InChI is InChI=1S/C20H18N2O3S/c1-13-9-14-4-5-15(10-18(14)24-13)19-11-16(22-25-19)12-21-20(23)7-6-17-3-2-8-26-17/h2-8,10-11,13H,9,12H2,1H3,(H,21,23)/b7-6+. The van der Waals surface area contributed by atoms with Gasteiger partial charge in [-0.2, -0.15) is 0 Å². The molecule has 0 fully saturated rings. The number of nitrogens with zero attached hydrogens (tertiary/aromatic N) is 1. The van der Waals surface area contributed by atoms with Crippen LogP contribution in [0, 0.1) is 0 Å². The normalized spacial score (nSPS) is 15.8. The Kier molecular flexibility index (Phi) is 4.58. The predicted octanol–water partition coefficient (Wildman–Crippen LogP) is 4.06. The summed E-state index contributed by atoms with van der Waals surface area (Å²) >= 11 is 1.58. The molecule has 5 nitrogen and oxygen atoms in total. The smallest absolute Gasteiger partial charge is 0.244 e. The number of hydrogen-bond acceptors (Lipinski definition) is 5. The summed E-state index contributed by atoms with van der Waals surface area (Å²) in [4.78, 5) is 12.9. The van der Waals surface area contributed by atoms with Gasteiger partial charge in [0.25, 0.3) is 0 Å². The number of benzene rings is 1. The second-order valence-corrected chi connectivity index (χ2v) is 7.18. The van der Waals surface area contributed by atoms with E-state index in [2.05, 4.69) is 23.5 Å². The van der Waals surface area contributed by atoms with Gasteiger partial charge in [0.15, 0.2) is 5.76 Å². The van der Waals surface area contributed by atoms with Gasteiger partial charge in [-0.3, -0.25) is 4.79 Å². The highest BCUT2D eigenvalue weighted by molar-refractivity contribution is 7.10. The maximum Gasteiger partial charge on any atom is 0.244 e. The first-order valence-corrected chi connectivity index (χ1v) is 9.30. The Bertz CT molecular complexity index is 944. The van der Waals surface area contributed by atoms with Gasteiger partial charge >= 0.3 is 0 Å².